The van der Waals surface area contributed by atoms with Crippen LogP contribution in [0.15, 0.2) is 60.2 Å². The molecule has 29 heavy (non-hydrogen) atoms. The Kier molecular flexibility index (Phi) is 6.12. The third kappa shape index (κ3) is 4.37. The fraction of sp³-hybridized carbons (Fsp3) is 0.261. The molecule has 0 bridgehead atoms. The van der Waals surface area contributed by atoms with Crippen LogP contribution in [0.5, 0.6) is 5.75 Å². The van der Waals surface area contributed by atoms with E-state index in [0.717, 1.165) is 10.5 Å². The monoisotopic (exact) mass is 393 g/mol. The predicted octanol–water partition coefficient (Wildman–Crippen LogP) is 3.93. The van der Waals surface area contributed by atoms with Gasteiger partial charge in [0, 0.05) is 0 Å². The van der Waals surface area contributed by atoms with Crippen molar-refractivity contribution in [1.29, 1.82) is 0 Å². The number of fused-ring (bicyclic) bond motifs is 1. The molecule has 0 aliphatic carbocycles. The van der Waals surface area contributed by atoms with Gasteiger partial charge in [-0.25, -0.2) is 0 Å². The lowest BCUT2D eigenvalue weighted by Crippen LogP contribution is -2.35. The molecule has 0 aromatic heterocycles. The zero-order valence-corrected chi connectivity index (χ0v) is 16.7. The van der Waals surface area contributed by atoms with Gasteiger partial charge in [-0.3, -0.25) is 19.3 Å². The van der Waals surface area contributed by atoms with E-state index >= 15 is 0 Å². The largest absolute Gasteiger partial charge is 0.497 e. The molecular weight excluding hydrogens is 370 g/mol. The number of nitrogens with zero attached hydrogens (tertiary/aromatic N) is 1. The van der Waals surface area contributed by atoms with E-state index in [1.54, 1.807) is 54.6 Å². The third-order valence-electron chi connectivity index (χ3n) is 4.71. The number of allylic oxidation sites excluding steroid dienone is 1. The highest BCUT2D eigenvalue weighted by Gasteiger charge is 2.41. The van der Waals surface area contributed by atoms with E-state index < -0.39 is 23.8 Å². The van der Waals surface area contributed by atoms with Crippen molar-refractivity contribution in [2.24, 2.45) is 0 Å². The van der Waals surface area contributed by atoms with Crippen molar-refractivity contribution in [3.05, 3.63) is 76.9 Å². The number of imide groups is 1. The maximum Gasteiger partial charge on any atom is 0.308 e. The molecule has 1 atom stereocenters. The van der Waals surface area contributed by atoms with Crippen LogP contribution in [0, 0.1) is 0 Å². The smallest absolute Gasteiger partial charge is 0.308 e. The summed E-state index contributed by atoms with van der Waals surface area (Å²) in [7, 11) is 1.53. The average Bonchev–Trinajstić information content (AvgIpc) is 2.97. The van der Waals surface area contributed by atoms with Gasteiger partial charge in [0.15, 0.2) is 0 Å². The van der Waals surface area contributed by atoms with Gasteiger partial charge in [-0.15, -0.1) is 0 Å². The van der Waals surface area contributed by atoms with E-state index in [4.69, 9.17) is 9.47 Å². The van der Waals surface area contributed by atoms with E-state index in [1.165, 1.54) is 7.11 Å². The summed E-state index contributed by atoms with van der Waals surface area (Å²) in [5, 5.41) is 0. The minimum atomic E-state index is -0.795. The Labute approximate surface area is 169 Å². The molecule has 0 spiro atoms. The standard InChI is InChI=1S/C23H23NO5/c1-15(2)11-12-29-21(25)14-20(16-7-6-8-17(13-16)28-3)24-22(26)18-9-4-5-10-19(18)23(24)27/h4-11,13,20H,12,14H2,1-3H3. The second-order valence-corrected chi connectivity index (χ2v) is 6.99. The van der Waals surface area contributed by atoms with Crippen LogP contribution < -0.4 is 4.74 Å². The summed E-state index contributed by atoms with van der Waals surface area (Å²) >= 11 is 0. The van der Waals surface area contributed by atoms with Gasteiger partial charge in [0.1, 0.15) is 12.4 Å². The summed E-state index contributed by atoms with van der Waals surface area (Å²) in [5.41, 5.74) is 2.33. The molecule has 1 aliphatic heterocycles. The van der Waals surface area contributed by atoms with Crippen LogP contribution in [0.2, 0.25) is 0 Å². The van der Waals surface area contributed by atoms with Gasteiger partial charge in [0.25, 0.3) is 11.8 Å². The first-order chi connectivity index (χ1) is 13.9. The summed E-state index contributed by atoms with van der Waals surface area (Å²) in [6, 6.07) is 12.9. The van der Waals surface area contributed by atoms with Gasteiger partial charge in [-0.1, -0.05) is 29.8 Å². The fourth-order valence-electron chi connectivity index (χ4n) is 3.22. The van der Waals surface area contributed by atoms with Crippen molar-refractivity contribution in [2.75, 3.05) is 13.7 Å². The highest BCUT2D eigenvalue weighted by Crippen LogP contribution is 2.34. The van der Waals surface area contributed by atoms with Crippen molar-refractivity contribution in [2.45, 2.75) is 26.3 Å². The van der Waals surface area contributed by atoms with Gasteiger partial charge >= 0.3 is 5.97 Å². The zero-order chi connectivity index (χ0) is 21.0. The van der Waals surface area contributed by atoms with Crippen LogP contribution in [0.4, 0.5) is 0 Å². The van der Waals surface area contributed by atoms with Gasteiger partial charge in [0.05, 0.1) is 30.7 Å². The van der Waals surface area contributed by atoms with Crippen LogP contribution in [-0.4, -0.2) is 36.4 Å². The Morgan fingerprint density at radius 3 is 2.28 bits per heavy atom. The number of benzene rings is 2. The maximum atomic E-state index is 13.0. The molecule has 0 fully saturated rings. The molecule has 6 heteroatoms. The third-order valence-corrected chi connectivity index (χ3v) is 4.71. The summed E-state index contributed by atoms with van der Waals surface area (Å²) in [4.78, 5) is 39.6. The Morgan fingerprint density at radius 2 is 1.69 bits per heavy atom. The summed E-state index contributed by atoms with van der Waals surface area (Å²) in [5.74, 6) is -0.764. The zero-order valence-electron chi connectivity index (χ0n) is 16.7. The SMILES string of the molecule is COc1cccc(C(CC(=O)OCC=C(C)C)N2C(=O)c3ccccc3C2=O)c1. The molecule has 1 unspecified atom stereocenters. The molecule has 150 valence electrons. The average molecular weight is 393 g/mol. The normalized spacial score (nSPS) is 13.7. The number of ether oxygens (including phenoxy) is 2. The Bertz CT molecular complexity index is 940. The van der Waals surface area contributed by atoms with E-state index in [-0.39, 0.29) is 13.0 Å². The topological polar surface area (TPSA) is 72.9 Å². The summed E-state index contributed by atoms with van der Waals surface area (Å²) in [6.45, 7) is 3.96. The molecular formula is C23H23NO5. The van der Waals surface area contributed by atoms with E-state index in [9.17, 15) is 14.4 Å². The van der Waals surface area contributed by atoms with Crippen LogP contribution in [0.1, 0.15) is 52.6 Å². The second kappa shape index (κ2) is 8.73. The first-order valence-corrected chi connectivity index (χ1v) is 9.32. The van der Waals surface area contributed by atoms with E-state index in [1.807, 2.05) is 13.8 Å². The first kappa shape index (κ1) is 20.3. The van der Waals surface area contributed by atoms with Gasteiger partial charge in [-0.05, 0) is 49.8 Å². The minimum absolute atomic E-state index is 0.144. The highest BCUT2D eigenvalue weighted by atomic mass is 16.5. The number of amides is 2. The number of carbonyl (C=O) groups is 3. The molecule has 2 amide bonds. The van der Waals surface area contributed by atoms with Crippen LogP contribution >= 0.6 is 0 Å². The van der Waals surface area contributed by atoms with Crippen LogP contribution in [0.25, 0.3) is 0 Å². The van der Waals surface area contributed by atoms with Crippen molar-refractivity contribution < 1.29 is 23.9 Å². The molecule has 0 N–H and O–H groups in total. The summed E-state index contributed by atoms with van der Waals surface area (Å²) < 4.78 is 10.5. The molecule has 3 rings (SSSR count). The molecule has 0 radical (unpaired) electrons. The molecule has 6 nitrogen and oxygen atoms in total. The number of methoxy groups -OCH3 is 1. The maximum absolute atomic E-state index is 13.0. The van der Waals surface area contributed by atoms with E-state index in [2.05, 4.69) is 0 Å². The van der Waals surface area contributed by atoms with Crippen molar-refractivity contribution in [3.8, 4) is 5.75 Å². The number of hydrogen-bond donors (Lipinski definition) is 0. The van der Waals surface area contributed by atoms with Gasteiger partial charge in [0.2, 0.25) is 0 Å². The van der Waals surface area contributed by atoms with Gasteiger partial charge < -0.3 is 9.47 Å². The lowest BCUT2D eigenvalue weighted by atomic mass is 10.0. The van der Waals surface area contributed by atoms with Crippen LogP contribution in [0.3, 0.4) is 0 Å². The van der Waals surface area contributed by atoms with Crippen molar-refractivity contribution in [3.63, 3.8) is 0 Å². The lowest BCUT2D eigenvalue weighted by molar-refractivity contribution is -0.143. The van der Waals surface area contributed by atoms with Gasteiger partial charge in [-0.2, -0.15) is 0 Å². The number of esters is 1. The Hall–Kier alpha value is -3.41. The minimum Gasteiger partial charge on any atom is -0.497 e. The molecule has 1 heterocycles. The Balaban J connectivity index is 1.93. The molecule has 0 saturated carbocycles. The van der Waals surface area contributed by atoms with E-state index in [0.29, 0.717) is 22.4 Å². The number of carbonyl (C=O) groups excluding carboxylic acids is 3. The molecule has 2 aromatic carbocycles. The van der Waals surface area contributed by atoms with Crippen molar-refractivity contribution in [1.82, 2.24) is 4.90 Å². The first-order valence-electron chi connectivity index (χ1n) is 9.32. The second-order valence-electron chi connectivity index (χ2n) is 6.99. The quantitative estimate of drug-likeness (QED) is 0.405. The molecule has 0 saturated heterocycles. The highest BCUT2D eigenvalue weighted by molar-refractivity contribution is 6.21. The molecule has 1 aliphatic rings. The fourth-order valence-corrected chi connectivity index (χ4v) is 3.22. The number of hydrogen-bond acceptors (Lipinski definition) is 5. The van der Waals surface area contributed by atoms with Crippen molar-refractivity contribution >= 4 is 17.8 Å². The summed E-state index contributed by atoms with van der Waals surface area (Å²) in [6.07, 6.45) is 1.65. The predicted molar refractivity (Wildman–Crippen MR) is 108 cm³/mol. The Morgan fingerprint density at radius 1 is 1.03 bits per heavy atom. The molecule has 2 aromatic rings. The van der Waals surface area contributed by atoms with Crippen LogP contribution in [-0.2, 0) is 9.53 Å². The lowest BCUT2D eigenvalue weighted by Gasteiger charge is -2.26. The number of rotatable bonds is 7.